The Bertz CT molecular complexity index is 2430. The lowest BCUT2D eigenvalue weighted by atomic mass is 10.0. The number of carbonyl (C=O) groups excluding carboxylic acids is 4. The van der Waals surface area contributed by atoms with Crippen molar-refractivity contribution < 1.29 is 33.2 Å². The number of piperidine rings is 2. The Hall–Kier alpha value is -5.34. The van der Waals surface area contributed by atoms with Crippen LogP contribution >= 0.6 is 18.7 Å². The maximum absolute atomic E-state index is 13.1. The van der Waals surface area contributed by atoms with E-state index in [2.05, 4.69) is 48.5 Å². The molecule has 63 heavy (non-hydrogen) atoms. The average molecular weight is 897 g/mol. The van der Waals surface area contributed by atoms with Gasteiger partial charge in [0.05, 0.1) is 30.9 Å². The third-order valence-corrected chi connectivity index (χ3v) is 14.5. The van der Waals surface area contributed by atoms with Crippen molar-refractivity contribution in [1.82, 2.24) is 35.3 Å². The van der Waals surface area contributed by atoms with Crippen LogP contribution in [0.2, 0.25) is 5.02 Å². The lowest BCUT2D eigenvalue weighted by molar-refractivity contribution is -0.137. The van der Waals surface area contributed by atoms with Crippen LogP contribution in [0.1, 0.15) is 64.2 Å². The van der Waals surface area contributed by atoms with Crippen LogP contribution in [0.15, 0.2) is 66.9 Å². The summed E-state index contributed by atoms with van der Waals surface area (Å²) >= 11 is 6.57. The molecule has 0 spiro atoms. The first-order chi connectivity index (χ1) is 30.3. The monoisotopic (exact) mass is 896 g/mol. The number of amides is 4. The number of rotatable bonds is 14. The van der Waals surface area contributed by atoms with Crippen molar-refractivity contribution in [2.45, 2.75) is 57.2 Å². The number of hydrogen-bond acceptors (Lipinski definition) is 12. The summed E-state index contributed by atoms with van der Waals surface area (Å²) in [5, 5.41) is 6.49. The van der Waals surface area contributed by atoms with Gasteiger partial charge < -0.3 is 29.2 Å². The number of piperazine rings is 1. The third kappa shape index (κ3) is 10.2. The average Bonchev–Trinajstić information content (AvgIpc) is 3.61. The van der Waals surface area contributed by atoms with Gasteiger partial charge in [0.2, 0.25) is 17.7 Å². The smallest absolute Gasteiger partial charge is 0.255 e. The zero-order valence-corrected chi connectivity index (χ0v) is 37.6. The first-order valence-corrected chi connectivity index (χ1v) is 24.5. The van der Waals surface area contributed by atoms with Gasteiger partial charge in [-0.15, -0.1) is 0 Å². The van der Waals surface area contributed by atoms with Crippen LogP contribution in [0.4, 0.5) is 5.69 Å². The number of nitrogens with zero attached hydrogens (tertiary/aromatic N) is 6. The van der Waals surface area contributed by atoms with Gasteiger partial charge in [-0.1, -0.05) is 48.0 Å². The fourth-order valence-corrected chi connectivity index (χ4v) is 10.6. The van der Waals surface area contributed by atoms with E-state index >= 15 is 0 Å². The topological polar surface area (TPSA) is 167 Å². The first kappa shape index (κ1) is 44.3. The second-order valence-electron chi connectivity index (χ2n) is 17.0. The molecule has 3 fully saturated rings. The van der Waals surface area contributed by atoms with Crippen LogP contribution in [0.5, 0.6) is 11.5 Å². The molecule has 332 valence electrons. The van der Waals surface area contributed by atoms with E-state index in [1.165, 1.54) is 4.90 Å². The molecule has 4 aromatic rings. The number of anilines is 1. The molecule has 0 bridgehead atoms. The van der Waals surface area contributed by atoms with Gasteiger partial charge in [0, 0.05) is 105 Å². The van der Waals surface area contributed by atoms with E-state index in [4.69, 9.17) is 26.1 Å². The fourth-order valence-electron chi connectivity index (χ4n) is 9.19. The van der Waals surface area contributed by atoms with Gasteiger partial charge in [0.1, 0.15) is 30.5 Å². The highest BCUT2D eigenvalue weighted by Gasteiger charge is 2.40. The highest BCUT2D eigenvalue weighted by molar-refractivity contribution is 7.70. The number of nitrogens with one attached hydrogen (secondary N) is 2. The predicted octanol–water partition coefficient (Wildman–Crippen LogP) is 4.07. The lowest BCUT2D eigenvalue weighted by Gasteiger charge is -2.43. The van der Waals surface area contributed by atoms with Gasteiger partial charge in [-0.3, -0.25) is 34.3 Å². The summed E-state index contributed by atoms with van der Waals surface area (Å²) in [7, 11) is -0.796. The van der Waals surface area contributed by atoms with Crippen molar-refractivity contribution in [3.05, 3.63) is 106 Å². The Morgan fingerprint density at radius 1 is 0.921 bits per heavy atom. The number of halogens is 1. The molecular formula is C46H54ClN8O7P. The van der Waals surface area contributed by atoms with Crippen LogP contribution in [-0.4, -0.2) is 133 Å². The predicted molar refractivity (Wildman–Crippen MR) is 241 cm³/mol. The van der Waals surface area contributed by atoms with Crippen molar-refractivity contribution >= 4 is 53.4 Å². The van der Waals surface area contributed by atoms with E-state index in [-0.39, 0.29) is 50.4 Å². The fraction of sp³-hybridized carbons (Fsp3) is 0.435. The maximum Gasteiger partial charge on any atom is 0.255 e. The number of ether oxygens (including phenoxy) is 2. The van der Waals surface area contributed by atoms with Crippen molar-refractivity contribution in [2.24, 2.45) is 0 Å². The number of benzene rings is 3. The van der Waals surface area contributed by atoms with Gasteiger partial charge in [0.15, 0.2) is 6.73 Å². The molecule has 3 aromatic carbocycles. The molecule has 1 unspecified atom stereocenters. The second-order valence-corrected chi connectivity index (χ2v) is 20.6. The first-order valence-electron chi connectivity index (χ1n) is 21.5. The Morgan fingerprint density at radius 3 is 2.44 bits per heavy atom. The van der Waals surface area contributed by atoms with Crippen LogP contribution in [-0.2, 0) is 38.3 Å². The molecule has 17 heteroatoms. The molecule has 0 saturated carbocycles. The Kier molecular flexibility index (Phi) is 13.5. The molecule has 4 aliphatic heterocycles. The molecule has 5 heterocycles. The highest BCUT2D eigenvalue weighted by Crippen LogP contribution is 2.37. The Balaban J connectivity index is 0.776. The van der Waals surface area contributed by atoms with Gasteiger partial charge >= 0.3 is 0 Å². The van der Waals surface area contributed by atoms with E-state index in [9.17, 15) is 23.7 Å². The van der Waals surface area contributed by atoms with Gasteiger partial charge in [-0.2, -0.15) is 0 Å². The molecule has 2 N–H and O–H groups in total. The van der Waals surface area contributed by atoms with Crippen LogP contribution in [0, 0.1) is 0 Å². The number of methoxy groups -OCH3 is 1. The summed E-state index contributed by atoms with van der Waals surface area (Å²) < 4.78 is 24.8. The standard InChI is InChI=1S/C46H54ClN8O7P/c1-61-40-25-33(12-11-30(40)24-42-48-26-36(47)37(50-42)23-31-7-4-5-10-41(31)63(2,3)60)53-17-15-32(16-18-53)54-21-19-52(20-22-54)28-44(57)49-29-62-39-9-6-8-34-35(39)27-55(46(34)59)38-13-14-43(56)51-45(38)58/h4-12,25-26,32,38H,13-24,27-29H2,1-3H3,(H,49,57)(H,51,56,58). The zero-order valence-electron chi connectivity index (χ0n) is 36.0. The van der Waals surface area contributed by atoms with E-state index in [0.29, 0.717) is 52.3 Å². The molecule has 1 atom stereocenters. The normalized spacial score (nSPS) is 18.9. The van der Waals surface area contributed by atoms with Crippen LogP contribution in [0.3, 0.4) is 0 Å². The van der Waals surface area contributed by atoms with E-state index < -0.39 is 19.1 Å². The zero-order chi connectivity index (χ0) is 44.3. The van der Waals surface area contributed by atoms with Crippen molar-refractivity contribution in [2.75, 3.05) is 77.9 Å². The van der Waals surface area contributed by atoms with Gasteiger partial charge in [-0.05, 0) is 56.4 Å². The van der Waals surface area contributed by atoms with Crippen molar-refractivity contribution in [3.8, 4) is 11.5 Å². The van der Waals surface area contributed by atoms with Crippen LogP contribution < -0.4 is 30.3 Å². The van der Waals surface area contributed by atoms with E-state index in [1.807, 2.05) is 24.3 Å². The van der Waals surface area contributed by atoms with E-state index in [0.717, 1.165) is 80.0 Å². The number of hydrogen-bond donors (Lipinski definition) is 2. The molecule has 15 nitrogen and oxygen atoms in total. The van der Waals surface area contributed by atoms with Crippen molar-refractivity contribution in [1.29, 1.82) is 0 Å². The SMILES string of the molecule is COc1cc(N2CCC(N3CCN(CC(=O)NCOc4cccc5c4CN(C4CCC(=O)NC4=O)C5=O)CC3)CC2)ccc1Cc1ncc(Cl)c(Cc2ccccc2P(C)(C)=O)n1. The number of aromatic nitrogens is 2. The second kappa shape index (κ2) is 19.2. The maximum atomic E-state index is 13.1. The quantitative estimate of drug-likeness (QED) is 0.106. The minimum atomic E-state index is -2.48. The third-order valence-electron chi connectivity index (χ3n) is 12.6. The minimum absolute atomic E-state index is 0.0484. The molecule has 3 saturated heterocycles. The van der Waals surface area contributed by atoms with Crippen LogP contribution in [0.25, 0.3) is 0 Å². The van der Waals surface area contributed by atoms with Gasteiger partial charge in [-0.25, -0.2) is 9.97 Å². The summed E-state index contributed by atoms with van der Waals surface area (Å²) in [5.41, 5.74) is 4.87. The summed E-state index contributed by atoms with van der Waals surface area (Å²) in [6.45, 7) is 9.20. The van der Waals surface area contributed by atoms with Gasteiger partial charge in [0.25, 0.3) is 5.91 Å². The number of fused-ring (bicyclic) bond motifs is 1. The minimum Gasteiger partial charge on any atom is -0.496 e. The van der Waals surface area contributed by atoms with Crippen molar-refractivity contribution in [3.63, 3.8) is 0 Å². The molecule has 4 aliphatic rings. The largest absolute Gasteiger partial charge is 0.496 e. The molecule has 4 amide bonds. The number of imide groups is 1. The Morgan fingerprint density at radius 2 is 1.70 bits per heavy atom. The molecule has 8 rings (SSSR count). The summed E-state index contributed by atoms with van der Waals surface area (Å²) in [4.78, 5) is 68.1. The molecular weight excluding hydrogens is 843 g/mol. The summed E-state index contributed by atoms with van der Waals surface area (Å²) in [6, 6.07) is 19.0. The lowest BCUT2D eigenvalue weighted by Crippen LogP contribution is -2.54. The highest BCUT2D eigenvalue weighted by atomic mass is 35.5. The number of carbonyl (C=O) groups is 4. The summed E-state index contributed by atoms with van der Waals surface area (Å²) in [6.07, 6.45) is 5.13. The molecule has 0 aliphatic carbocycles. The summed E-state index contributed by atoms with van der Waals surface area (Å²) in [5.74, 6) is 0.690. The molecule has 0 radical (unpaired) electrons. The Labute approximate surface area is 372 Å². The van der Waals surface area contributed by atoms with E-state index in [1.54, 1.807) is 44.8 Å². The molecule has 1 aromatic heterocycles.